The van der Waals surface area contributed by atoms with Crippen LogP contribution in [0.5, 0.6) is 0 Å². The number of thiophene rings is 1. The van der Waals surface area contributed by atoms with Crippen LogP contribution in [-0.2, 0) is 4.79 Å². The Morgan fingerprint density at radius 2 is 2.05 bits per heavy atom. The zero-order valence-corrected chi connectivity index (χ0v) is 14.6. The number of nitrogens with zero attached hydrogens (tertiary/aromatic N) is 1. The number of hydrogen-bond acceptors (Lipinski definition) is 3. The molecule has 1 aromatic rings. The van der Waals surface area contributed by atoms with Crippen molar-refractivity contribution in [2.24, 2.45) is 0 Å². The highest BCUT2D eigenvalue weighted by atomic mass is 79.9. The molecule has 0 unspecified atom stereocenters. The SMILES string of the molecule is CCN(CC)C(=O)C1=C(C)NC(=O)N[C@@H]1c1ccc(Br)s1. The Hall–Kier alpha value is -1.34. The van der Waals surface area contributed by atoms with Gasteiger partial charge in [-0.3, -0.25) is 4.79 Å². The first-order chi connectivity index (χ1) is 9.97. The zero-order chi connectivity index (χ0) is 15.6. The van der Waals surface area contributed by atoms with E-state index in [4.69, 9.17) is 0 Å². The van der Waals surface area contributed by atoms with E-state index in [1.54, 1.807) is 11.8 Å². The van der Waals surface area contributed by atoms with Crippen LogP contribution in [0.25, 0.3) is 0 Å². The first-order valence-corrected chi connectivity index (χ1v) is 8.41. The lowest BCUT2D eigenvalue weighted by molar-refractivity contribution is -0.127. The van der Waals surface area contributed by atoms with E-state index in [1.165, 1.54) is 11.3 Å². The summed E-state index contributed by atoms with van der Waals surface area (Å²) in [5.74, 6) is -0.0421. The number of halogens is 1. The molecule has 3 amide bonds. The molecule has 1 aliphatic heterocycles. The maximum absolute atomic E-state index is 12.7. The van der Waals surface area contributed by atoms with Crippen LogP contribution in [0, 0.1) is 0 Å². The topological polar surface area (TPSA) is 61.4 Å². The molecule has 0 aliphatic carbocycles. The van der Waals surface area contributed by atoms with Crippen LogP contribution in [0.4, 0.5) is 4.79 Å². The number of likely N-dealkylation sites (N-methyl/N-ethyl adjacent to an activating group) is 1. The van der Waals surface area contributed by atoms with Crippen LogP contribution in [0.15, 0.2) is 27.2 Å². The Balaban J connectivity index is 2.43. The van der Waals surface area contributed by atoms with Crippen molar-refractivity contribution in [3.8, 4) is 0 Å². The van der Waals surface area contributed by atoms with Crippen LogP contribution in [0.1, 0.15) is 31.7 Å². The van der Waals surface area contributed by atoms with Gasteiger partial charge >= 0.3 is 6.03 Å². The van der Waals surface area contributed by atoms with E-state index in [9.17, 15) is 9.59 Å². The number of hydrogen-bond donors (Lipinski definition) is 2. The number of urea groups is 1. The predicted octanol–water partition coefficient (Wildman–Crippen LogP) is 3.01. The molecule has 0 saturated heterocycles. The molecule has 1 aliphatic rings. The first kappa shape index (κ1) is 16.0. The second-order valence-electron chi connectivity index (χ2n) is 4.69. The van der Waals surface area contributed by atoms with Crippen LogP contribution in [-0.4, -0.2) is 29.9 Å². The summed E-state index contributed by atoms with van der Waals surface area (Å²) in [6.07, 6.45) is 0. The molecule has 0 saturated carbocycles. The van der Waals surface area contributed by atoms with Gasteiger partial charge in [-0.25, -0.2) is 4.79 Å². The zero-order valence-electron chi connectivity index (χ0n) is 12.2. The van der Waals surface area contributed by atoms with Crippen molar-refractivity contribution in [3.05, 3.63) is 32.1 Å². The van der Waals surface area contributed by atoms with Gasteiger partial charge in [0, 0.05) is 23.7 Å². The van der Waals surface area contributed by atoms with Crippen molar-refractivity contribution < 1.29 is 9.59 Å². The lowest BCUT2D eigenvalue weighted by Crippen LogP contribution is -2.47. The number of rotatable bonds is 4. The molecule has 0 bridgehead atoms. The van der Waals surface area contributed by atoms with E-state index in [0.717, 1.165) is 8.66 Å². The molecule has 21 heavy (non-hydrogen) atoms. The molecule has 0 spiro atoms. The fourth-order valence-electron chi connectivity index (χ4n) is 2.36. The molecule has 1 atom stereocenters. The smallest absolute Gasteiger partial charge is 0.319 e. The molecule has 2 N–H and O–H groups in total. The Morgan fingerprint density at radius 1 is 1.38 bits per heavy atom. The van der Waals surface area contributed by atoms with E-state index in [0.29, 0.717) is 24.4 Å². The lowest BCUT2D eigenvalue weighted by atomic mass is 10.00. The minimum absolute atomic E-state index is 0.0421. The lowest BCUT2D eigenvalue weighted by Gasteiger charge is -2.30. The van der Waals surface area contributed by atoms with Crippen molar-refractivity contribution in [3.63, 3.8) is 0 Å². The second kappa shape index (κ2) is 6.62. The van der Waals surface area contributed by atoms with Crippen molar-refractivity contribution in [2.75, 3.05) is 13.1 Å². The summed E-state index contributed by atoms with van der Waals surface area (Å²) < 4.78 is 0.970. The Kier molecular flexibility index (Phi) is 5.05. The highest BCUT2D eigenvalue weighted by Gasteiger charge is 2.33. The van der Waals surface area contributed by atoms with E-state index in [-0.39, 0.29) is 11.9 Å². The average molecular weight is 372 g/mol. The molecule has 5 nitrogen and oxygen atoms in total. The fourth-order valence-corrected chi connectivity index (χ4v) is 3.84. The summed E-state index contributed by atoms with van der Waals surface area (Å²) in [7, 11) is 0. The van der Waals surface area contributed by atoms with Gasteiger partial charge < -0.3 is 15.5 Å². The maximum atomic E-state index is 12.7. The quantitative estimate of drug-likeness (QED) is 0.854. The third-order valence-corrected chi connectivity index (χ3v) is 5.12. The van der Waals surface area contributed by atoms with Crippen LogP contribution < -0.4 is 10.6 Å². The van der Waals surface area contributed by atoms with Crippen molar-refractivity contribution >= 4 is 39.2 Å². The van der Waals surface area contributed by atoms with Gasteiger partial charge in [-0.2, -0.15) is 0 Å². The van der Waals surface area contributed by atoms with Gasteiger partial charge in [-0.1, -0.05) is 0 Å². The molecule has 0 radical (unpaired) electrons. The molecule has 0 aromatic carbocycles. The van der Waals surface area contributed by atoms with Crippen molar-refractivity contribution in [1.29, 1.82) is 0 Å². The number of nitrogens with one attached hydrogen (secondary N) is 2. The third-order valence-electron chi connectivity index (χ3n) is 3.43. The minimum Gasteiger partial charge on any atom is -0.339 e. The molecule has 1 aromatic heterocycles. The normalized spacial score (nSPS) is 18.3. The maximum Gasteiger partial charge on any atom is 0.319 e. The highest BCUT2D eigenvalue weighted by Crippen LogP contribution is 2.34. The predicted molar refractivity (Wildman–Crippen MR) is 87.1 cm³/mol. The van der Waals surface area contributed by atoms with Gasteiger partial charge in [-0.05, 0) is 48.8 Å². The van der Waals surface area contributed by atoms with Gasteiger partial charge in [0.15, 0.2) is 0 Å². The fraction of sp³-hybridized carbons (Fsp3) is 0.429. The second-order valence-corrected chi connectivity index (χ2v) is 7.18. The average Bonchev–Trinajstić information content (AvgIpc) is 2.85. The number of carbonyl (C=O) groups is 2. The minimum atomic E-state index is -0.400. The third kappa shape index (κ3) is 3.29. The van der Waals surface area contributed by atoms with Crippen LogP contribution >= 0.6 is 27.3 Å². The molecule has 7 heteroatoms. The number of amides is 3. The van der Waals surface area contributed by atoms with Gasteiger partial charge in [0.25, 0.3) is 5.91 Å². The summed E-state index contributed by atoms with van der Waals surface area (Å²) in [4.78, 5) is 27.2. The monoisotopic (exact) mass is 371 g/mol. The summed E-state index contributed by atoms with van der Waals surface area (Å²) in [5, 5.41) is 5.54. The Labute approximate surface area is 136 Å². The molecular formula is C14H18BrN3O2S. The molecule has 0 fully saturated rings. The molecule has 2 heterocycles. The molecule has 114 valence electrons. The largest absolute Gasteiger partial charge is 0.339 e. The van der Waals surface area contributed by atoms with Crippen molar-refractivity contribution in [2.45, 2.75) is 26.8 Å². The van der Waals surface area contributed by atoms with Crippen molar-refractivity contribution in [1.82, 2.24) is 15.5 Å². The number of allylic oxidation sites excluding steroid dienone is 1. The summed E-state index contributed by atoms with van der Waals surface area (Å²) >= 11 is 4.94. The molecular weight excluding hydrogens is 354 g/mol. The van der Waals surface area contributed by atoms with E-state index < -0.39 is 6.04 Å². The number of carbonyl (C=O) groups excluding carboxylic acids is 2. The summed E-state index contributed by atoms with van der Waals surface area (Å²) in [5.41, 5.74) is 1.22. The first-order valence-electron chi connectivity index (χ1n) is 6.80. The Morgan fingerprint density at radius 3 is 2.57 bits per heavy atom. The standard InChI is InChI=1S/C14H18BrN3O2S/c1-4-18(5-2)13(19)11-8(3)16-14(20)17-12(11)9-6-7-10(15)21-9/h6-7,12H,4-5H2,1-3H3,(H2,16,17,20)/t12-/m1/s1. The summed E-state index contributed by atoms with van der Waals surface area (Å²) in [6, 6.07) is 3.16. The van der Waals surface area contributed by atoms with E-state index >= 15 is 0 Å². The van der Waals surface area contributed by atoms with Gasteiger partial charge in [0.05, 0.1) is 15.4 Å². The van der Waals surface area contributed by atoms with Gasteiger partial charge in [-0.15, -0.1) is 11.3 Å². The highest BCUT2D eigenvalue weighted by molar-refractivity contribution is 9.11. The van der Waals surface area contributed by atoms with Crippen LogP contribution in [0.3, 0.4) is 0 Å². The van der Waals surface area contributed by atoms with Crippen LogP contribution in [0.2, 0.25) is 0 Å². The van der Waals surface area contributed by atoms with E-state index in [2.05, 4.69) is 26.6 Å². The van der Waals surface area contributed by atoms with E-state index in [1.807, 2.05) is 26.0 Å². The van der Waals surface area contributed by atoms with Gasteiger partial charge in [0.2, 0.25) is 0 Å². The molecule has 2 rings (SSSR count). The Bertz CT molecular complexity index is 593. The summed E-state index contributed by atoms with van der Waals surface area (Å²) in [6.45, 7) is 6.94. The van der Waals surface area contributed by atoms with Gasteiger partial charge in [0.1, 0.15) is 0 Å².